The topological polar surface area (TPSA) is 12.0 Å². The lowest BCUT2D eigenvalue weighted by Crippen LogP contribution is -1.92. The van der Waals surface area contributed by atoms with Crippen LogP contribution >= 0.6 is 0 Å². The Bertz CT molecular complexity index is 1510. The largest absolute Gasteiger partial charge is 0.355 e. The standard InChI is InChI=1S/C36H27N/c1-3-13-27(14-4-1)33-21-7-9-23-35(33)29-17-11-19-31(25-29)37-32-20-12-18-30(26-32)36-24-10-8-22-34(36)28-15-5-2-6-16-28/h1-26,37H. The van der Waals surface area contributed by atoms with Crippen LogP contribution in [0.15, 0.2) is 158 Å². The maximum Gasteiger partial charge on any atom is 0.0390 e. The van der Waals surface area contributed by atoms with Gasteiger partial charge in [-0.15, -0.1) is 0 Å². The Balaban J connectivity index is 1.32. The highest BCUT2D eigenvalue weighted by atomic mass is 14.9. The van der Waals surface area contributed by atoms with Crippen LogP contribution in [-0.4, -0.2) is 0 Å². The molecule has 0 atom stereocenters. The van der Waals surface area contributed by atoms with E-state index >= 15 is 0 Å². The molecule has 0 unspecified atom stereocenters. The van der Waals surface area contributed by atoms with Crippen molar-refractivity contribution in [3.8, 4) is 44.5 Å². The number of hydrogen-bond donors (Lipinski definition) is 1. The molecule has 6 rings (SSSR count). The smallest absolute Gasteiger partial charge is 0.0390 e. The molecule has 0 amide bonds. The fourth-order valence-corrected chi connectivity index (χ4v) is 4.90. The van der Waals surface area contributed by atoms with E-state index in [4.69, 9.17) is 0 Å². The molecule has 0 radical (unpaired) electrons. The Morgan fingerprint density at radius 3 is 1.00 bits per heavy atom. The van der Waals surface area contributed by atoms with Gasteiger partial charge < -0.3 is 5.32 Å². The fraction of sp³-hybridized carbons (Fsp3) is 0. The molecule has 176 valence electrons. The van der Waals surface area contributed by atoms with Crippen molar-refractivity contribution in [3.63, 3.8) is 0 Å². The minimum Gasteiger partial charge on any atom is -0.355 e. The molecule has 0 aliphatic rings. The van der Waals surface area contributed by atoms with Gasteiger partial charge in [-0.25, -0.2) is 0 Å². The molecule has 0 saturated heterocycles. The summed E-state index contributed by atoms with van der Waals surface area (Å²) in [6, 6.07) is 55.6. The normalized spacial score (nSPS) is 10.7. The van der Waals surface area contributed by atoms with Gasteiger partial charge >= 0.3 is 0 Å². The van der Waals surface area contributed by atoms with E-state index in [0.717, 1.165) is 11.4 Å². The molecule has 1 heteroatoms. The highest BCUT2D eigenvalue weighted by molar-refractivity contribution is 5.86. The number of nitrogens with one attached hydrogen (secondary N) is 1. The maximum absolute atomic E-state index is 3.64. The van der Waals surface area contributed by atoms with Crippen molar-refractivity contribution in [2.45, 2.75) is 0 Å². The van der Waals surface area contributed by atoms with Gasteiger partial charge in [-0.2, -0.15) is 0 Å². The molecule has 0 bridgehead atoms. The molecular weight excluding hydrogens is 446 g/mol. The number of rotatable bonds is 6. The third kappa shape index (κ3) is 4.94. The Kier molecular flexibility index (Phi) is 6.34. The fourth-order valence-electron chi connectivity index (χ4n) is 4.90. The van der Waals surface area contributed by atoms with Crippen molar-refractivity contribution in [3.05, 3.63) is 158 Å². The van der Waals surface area contributed by atoms with Crippen molar-refractivity contribution in [2.75, 3.05) is 5.32 Å². The lowest BCUT2D eigenvalue weighted by atomic mass is 9.94. The second-order valence-electron chi connectivity index (χ2n) is 9.11. The number of hydrogen-bond acceptors (Lipinski definition) is 1. The van der Waals surface area contributed by atoms with E-state index in [2.05, 4.69) is 163 Å². The van der Waals surface area contributed by atoms with Crippen LogP contribution in [0.3, 0.4) is 0 Å². The predicted molar refractivity (Wildman–Crippen MR) is 158 cm³/mol. The highest BCUT2D eigenvalue weighted by Gasteiger charge is 2.09. The van der Waals surface area contributed by atoms with Crippen molar-refractivity contribution in [1.82, 2.24) is 0 Å². The molecule has 0 saturated carbocycles. The average molecular weight is 474 g/mol. The van der Waals surface area contributed by atoms with Gasteiger partial charge in [0.1, 0.15) is 0 Å². The highest BCUT2D eigenvalue weighted by Crippen LogP contribution is 2.35. The summed E-state index contributed by atoms with van der Waals surface area (Å²) in [5.41, 5.74) is 11.9. The molecule has 6 aromatic carbocycles. The maximum atomic E-state index is 3.64. The van der Waals surface area contributed by atoms with Gasteiger partial charge in [-0.3, -0.25) is 0 Å². The average Bonchev–Trinajstić information content (AvgIpc) is 2.98. The Morgan fingerprint density at radius 2 is 0.595 bits per heavy atom. The number of anilines is 2. The molecule has 0 fully saturated rings. The zero-order valence-electron chi connectivity index (χ0n) is 20.5. The SMILES string of the molecule is c1ccc(-c2ccccc2-c2cccc(Nc3cccc(-c4ccccc4-c4ccccc4)c3)c2)cc1. The molecule has 0 aliphatic heterocycles. The van der Waals surface area contributed by atoms with Crippen molar-refractivity contribution in [2.24, 2.45) is 0 Å². The summed E-state index contributed by atoms with van der Waals surface area (Å²) >= 11 is 0. The molecule has 0 spiro atoms. The monoisotopic (exact) mass is 473 g/mol. The first-order valence-corrected chi connectivity index (χ1v) is 12.6. The summed E-state index contributed by atoms with van der Waals surface area (Å²) < 4.78 is 0. The van der Waals surface area contributed by atoms with Gasteiger partial charge in [-0.05, 0) is 68.8 Å². The van der Waals surface area contributed by atoms with Crippen LogP contribution in [0.1, 0.15) is 0 Å². The molecule has 1 N–H and O–H groups in total. The summed E-state index contributed by atoms with van der Waals surface area (Å²) in [5.74, 6) is 0. The third-order valence-electron chi connectivity index (χ3n) is 6.66. The molecule has 1 nitrogen and oxygen atoms in total. The van der Waals surface area contributed by atoms with Gasteiger partial charge in [0.05, 0.1) is 0 Å². The minimum absolute atomic E-state index is 1.06. The zero-order chi connectivity index (χ0) is 24.9. The zero-order valence-corrected chi connectivity index (χ0v) is 20.5. The first kappa shape index (κ1) is 22.6. The van der Waals surface area contributed by atoms with Gasteiger partial charge in [0, 0.05) is 11.4 Å². The minimum atomic E-state index is 1.06. The molecular formula is C36H27N. The van der Waals surface area contributed by atoms with Crippen LogP contribution < -0.4 is 5.32 Å². The van der Waals surface area contributed by atoms with Gasteiger partial charge in [0.25, 0.3) is 0 Å². The first-order chi connectivity index (χ1) is 18.3. The quantitative estimate of drug-likeness (QED) is 0.254. The van der Waals surface area contributed by atoms with Gasteiger partial charge in [-0.1, -0.05) is 133 Å². The van der Waals surface area contributed by atoms with Crippen molar-refractivity contribution < 1.29 is 0 Å². The van der Waals surface area contributed by atoms with E-state index in [1.54, 1.807) is 0 Å². The second-order valence-corrected chi connectivity index (χ2v) is 9.11. The lowest BCUT2D eigenvalue weighted by Gasteiger charge is -2.14. The summed E-state index contributed by atoms with van der Waals surface area (Å²) in [6.45, 7) is 0. The predicted octanol–water partition coefficient (Wildman–Crippen LogP) is 10.1. The Labute approximate surface area is 218 Å². The Hall–Kier alpha value is -4.88. The molecule has 0 aliphatic carbocycles. The first-order valence-electron chi connectivity index (χ1n) is 12.6. The van der Waals surface area contributed by atoms with E-state index in [1.165, 1.54) is 44.5 Å². The van der Waals surface area contributed by atoms with Crippen LogP contribution in [0.4, 0.5) is 11.4 Å². The lowest BCUT2D eigenvalue weighted by molar-refractivity contribution is 1.52. The Morgan fingerprint density at radius 1 is 0.270 bits per heavy atom. The van der Waals surface area contributed by atoms with Gasteiger partial charge in [0.2, 0.25) is 0 Å². The number of benzene rings is 6. The van der Waals surface area contributed by atoms with Crippen molar-refractivity contribution in [1.29, 1.82) is 0 Å². The van der Waals surface area contributed by atoms with Crippen molar-refractivity contribution >= 4 is 11.4 Å². The van der Waals surface area contributed by atoms with E-state index in [-0.39, 0.29) is 0 Å². The van der Waals surface area contributed by atoms with Crippen LogP contribution in [0.5, 0.6) is 0 Å². The van der Waals surface area contributed by atoms with Crippen LogP contribution in [0.25, 0.3) is 44.5 Å². The third-order valence-corrected chi connectivity index (χ3v) is 6.66. The molecule has 0 heterocycles. The van der Waals surface area contributed by atoms with Gasteiger partial charge in [0.15, 0.2) is 0 Å². The summed E-state index contributed by atoms with van der Waals surface area (Å²) in [4.78, 5) is 0. The summed E-state index contributed by atoms with van der Waals surface area (Å²) in [7, 11) is 0. The molecule has 0 aromatic heterocycles. The second kappa shape index (κ2) is 10.4. The van der Waals surface area contributed by atoms with E-state index < -0.39 is 0 Å². The van der Waals surface area contributed by atoms with E-state index in [1.807, 2.05) is 0 Å². The summed E-state index contributed by atoms with van der Waals surface area (Å²) in [6.07, 6.45) is 0. The van der Waals surface area contributed by atoms with Crippen LogP contribution in [0.2, 0.25) is 0 Å². The van der Waals surface area contributed by atoms with E-state index in [9.17, 15) is 0 Å². The molecule has 6 aromatic rings. The molecule has 37 heavy (non-hydrogen) atoms. The van der Waals surface area contributed by atoms with Crippen LogP contribution in [0, 0.1) is 0 Å². The summed E-state index contributed by atoms with van der Waals surface area (Å²) in [5, 5.41) is 3.64. The van der Waals surface area contributed by atoms with E-state index in [0.29, 0.717) is 0 Å². The van der Waals surface area contributed by atoms with Crippen LogP contribution in [-0.2, 0) is 0 Å².